The maximum absolute atomic E-state index is 13.4. The van der Waals surface area contributed by atoms with E-state index in [1.807, 2.05) is 0 Å². The van der Waals surface area contributed by atoms with Gasteiger partial charge in [0.1, 0.15) is 5.82 Å². The molecule has 0 bridgehead atoms. The van der Waals surface area contributed by atoms with E-state index in [4.69, 9.17) is 0 Å². The zero-order valence-corrected chi connectivity index (χ0v) is 15.7. The Kier molecular flexibility index (Phi) is 5.08. The summed E-state index contributed by atoms with van der Waals surface area (Å²) in [5, 5.41) is 10.6. The first-order valence-corrected chi connectivity index (χ1v) is 9.60. The van der Waals surface area contributed by atoms with E-state index < -0.39 is 17.3 Å². The summed E-state index contributed by atoms with van der Waals surface area (Å²) in [5.41, 5.74) is 0.267. The molecule has 3 aromatic rings. The number of carbonyl (C=O) groups is 1. The highest BCUT2D eigenvalue weighted by molar-refractivity contribution is 5.99. The van der Waals surface area contributed by atoms with Gasteiger partial charge in [0.2, 0.25) is 0 Å². The molecular formula is C19H23FN6O2. The van der Waals surface area contributed by atoms with Gasteiger partial charge in [-0.2, -0.15) is 0 Å². The van der Waals surface area contributed by atoms with Gasteiger partial charge >= 0.3 is 0 Å². The van der Waals surface area contributed by atoms with E-state index in [0.29, 0.717) is 17.6 Å². The third-order valence-corrected chi connectivity index (χ3v) is 5.35. The number of carbonyl (C=O) groups excluding carboxylic acids is 1. The van der Waals surface area contributed by atoms with Crippen molar-refractivity contribution in [1.82, 2.24) is 30.0 Å². The van der Waals surface area contributed by atoms with E-state index in [2.05, 4.69) is 32.4 Å². The standard InChI is InChI=1S/C19H23FN6O2/c1-12-5-9-25(10-6-12)8-2-7-21-18(27)16-17-19(28)22-14-11-13(20)3-4-15(14)26(17)24-23-16/h3-4,11-12H,2,5-10H2,1H3,(H,21,27)(H,22,28). The van der Waals surface area contributed by atoms with E-state index in [9.17, 15) is 14.0 Å². The summed E-state index contributed by atoms with van der Waals surface area (Å²) >= 11 is 0. The summed E-state index contributed by atoms with van der Waals surface area (Å²) in [6.45, 7) is 5.93. The number of piperidine rings is 1. The van der Waals surface area contributed by atoms with E-state index in [0.717, 1.165) is 32.0 Å². The number of halogens is 1. The van der Waals surface area contributed by atoms with Gasteiger partial charge < -0.3 is 15.2 Å². The predicted molar refractivity (Wildman–Crippen MR) is 103 cm³/mol. The minimum atomic E-state index is -0.532. The molecule has 0 saturated carbocycles. The van der Waals surface area contributed by atoms with Crippen LogP contribution in [0, 0.1) is 11.7 Å². The third-order valence-electron chi connectivity index (χ3n) is 5.35. The number of nitrogens with one attached hydrogen (secondary N) is 2. The highest BCUT2D eigenvalue weighted by Gasteiger charge is 2.20. The minimum Gasteiger partial charge on any atom is -0.351 e. The Morgan fingerprint density at radius 1 is 1.36 bits per heavy atom. The van der Waals surface area contributed by atoms with Crippen LogP contribution in [-0.2, 0) is 0 Å². The van der Waals surface area contributed by atoms with Gasteiger partial charge in [0.15, 0.2) is 11.2 Å². The summed E-state index contributed by atoms with van der Waals surface area (Å²) in [6, 6.07) is 3.96. The Labute approximate surface area is 160 Å². The van der Waals surface area contributed by atoms with Crippen molar-refractivity contribution in [2.45, 2.75) is 26.2 Å². The molecule has 1 aliphatic heterocycles. The summed E-state index contributed by atoms with van der Waals surface area (Å²) in [4.78, 5) is 29.9. The molecule has 1 amide bonds. The van der Waals surface area contributed by atoms with E-state index in [1.54, 1.807) is 0 Å². The second-order valence-corrected chi connectivity index (χ2v) is 7.45. The number of H-pyrrole nitrogens is 1. The number of amides is 1. The van der Waals surface area contributed by atoms with Crippen LogP contribution in [0.15, 0.2) is 23.0 Å². The first-order chi connectivity index (χ1) is 13.5. The maximum Gasteiger partial charge on any atom is 0.277 e. The highest BCUT2D eigenvalue weighted by Crippen LogP contribution is 2.16. The monoisotopic (exact) mass is 386 g/mol. The van der Waals surface area contributed by atoms with Gasteiger partial charge in [-0.05, 0) is 63.0 Å². The number of hydrogen-bond acceptors (Lipinski definition) is 5. The number of likely N-dealkylation sites (tertiary alicyclic amines) is 1. The molecule has 2 N–H and O–H groups in total. The number of hydrogen-bond donors (Lipinski definition) is 2. The van der Waals surface area contributed by atoms with Crippen molar-refractivity contribution in [3.05, 3.63) is 40.1 Å². The number of aromatic nitrogens is 4. The Balaban J connectivity index is 1.44. The van der Waals surface area contributed by atoms with Gasteiger partial charge in [-0.3, -0.25) is 9.59 Å². The number of nitrogens with zero attached hydrogens (tertiary/aromatic N) is 4. The third kappa shape index (κ3) is 3.62. The lowest BCUT2D eigenvalue weighted by atomic mass is 9.99. The fraction of sp³-hybridized carbons (Fsp3) is 0.474. The molecule has 0 unspecified atom stereocenters. The van der Waals surface area contributed by atoms with Crippen LogP contribution in [0.1, 0.15) is 36.7 Å². The molecule has 4 rings (SSSR count). The summed E-state index contributed by atoms with van der Waals surface area (Å²) in [5.74, 6) is -0.110. The molecule has 9 heteroatoms. The van der Waals surface area contributed by atoms with Crippen molar-refractivity contribution in [2.75, 3.05) is 26.2 Å². The smallest absolute Gasteiger partial charge is 0.277 e. The molecule has 0 atom stereocenters. The molecule has 1 aliphatic rings. The molecule has 1 aromatic carbocycles. The van der Waals surface area contributed by atoms with Gasteiger partial charge in [-0.1, -0.05) is 12.1 Å². The van der Waals surface area contributed by atoms with Crippen LogP contribution >= 0.6 is 0 Å². The van der Waals surface area contributed by atoms with E-state index >= 15 is 0 Å². The molecule has 2 aromatic heterocycles. The number of rotatable bonds is 5. The number of benzene rings is 1. The predicted octanol–water partition coefficient (Wildman–Crippen LogP) is 1.56. The molecule has 0 aliphatic carbocycles. The lowest BCUT2D eigenvalue weighted by molar-refractivity contribution is 0.0947. The summed E-state index contributed by atoms with van der Waals surface area (Å²) < 4.78 is 14.7. The molecule has 0 spiro atoms. The molecule has 148 valence electrons. The van der Waals surface area contributed by atoms with Gasteiger partial charge in [0.25, 0.3) is 11.5 Å². The van der Waals surface area contributed by atoms with Crippen LogP contribution in [-0.4, -0.2) is 56.8 Å². The lowest BCUT2D eigenvalue weighted by Crippen LogP contribution is -2.35. The molecule has 3 heterocycles. The van der Waals surface area contributed by atoms with Crippen molar-refractivity contribution in [3.8, 4) is 0 Å². The van der Waals surface area contributed by atoms with Crippen LogP contribution in [0.2, 0.25) is 0 Å². The molecule has 28 heavy (non-hydrogen) atoms. The number of aromatic amines is 1. The van der Waals surface area contributed by atoms with Gasteiger partial charge in [-0.15, -0.1) is 5.10 Å². The second kappa shape index (κ2) is 7.67. The molecule has 1 saturated heterocycles. The van der Waals surface area contributed by atoms with Crippen molar-refractivity contribution < 1.29 is 9.18 Å². The van der Waals surface area contributed by atoms with Crippen LogP contribution in [0.25, 0.3) is 16.6 Å². The molecular weight excluding hydrogens is 363 g/mol. The Morgan fingerprint density at radius 2 is 2.14 bits per heavy atom. The lowest BCUT2D eigenvalue weighted by Gasteiger charge is -2.30. The fourth-order valence-electron chi connectivity index (χ4n) is 3.66. The Morgan fingerprint density at radius 3 is 2.93 bits per heavy atom. The van der Waals surface area contributed by atoms with Crippen LogP contribution in [0.5, 0.6) is 0 Å². The zero-order chi connectivity index (χ0) is 19.7. The molecule has 1 fully saturated rings. The zero-order valence-electron chi connectivity index (χ0n) is 15.7. The SMILES string of the molecule is CC1CCN(CCCNC(=O)c2nnn3c2c(=O)[nH]c2cc(F)ccc23)CC1. The topological polar surface area (TPSA) is 95.4 Å². The van der Waals surface area contributed by atoms with Gasteiger partial charge in [-0.25, -0.2) is 8.91 Å². The molecule has 0 radical (unpaired) electrons. The first-order valence-electron chi connectivity index (χ1n) is 9.60. The summed E-state index contributed by atoms with van der Waals surface area (Å²) in [7, 11) is 0. The maximum atomic E-state index is 13.4. The Bertz CT molecular complexity index is 1070. The normalized spacial score (nSPS) is 16.1. The van der Waals surface area contributed by atoms with Gasteiger partial charge in [0.05, 0.1) is 11.0 Å². The van der Waals surface area contributed by atoms with Crippen LogP contribution < -0.4 is 10.9 Å². The van der Waals surface area contributed by atoms with E-state index in [1.165, 1.54) is 35.6 Å². The van der Waals surface area contributed by atoms with Crippen LogP contribution in [0.3, 0.4) is 0 Å². The summed E-state index contributed by atoms with van der Waals surface area (Å²) in [6.07, 6.45) is 3.27. The molecule has 8 nitrogen and oxygen atoms in total. The highest BCUT2D eigenvalue weighted by atomic mass is 19.1. The first kappa shape index (κ1) is 18.5. The fourth-order valence-corrected chi connectivity index (χ4v) is 3.66. The average molecular weight is 386 g/mol. The largest absolute Gasteiger partial charge is 0.351 e. The van der Waals surface area contributed by atoms with Crippen molar-refractivity contribution in [2.24, 2.45) is 5.92 Å². The van der Waals surface area contributed by atoms with E-state index in [-0.39, 0.29) is 11.2 Å². The second-order valence-electron chi connectivity index (χ2n) is 7.45. The van der Waals surface area contributed by atoms with Crippen molar-refractivity contribution in [1.29, 1.82) is 0 Å². The minimum absolute atomic E-state index is 0.0285. The van der Waals surface area contributed by atoms with Gasteiger partial charge in [0, 0.05) is 6.54 Å². The number of fused-ring (bicyclic) bond motifs is 3. The quantitative estimate of drug-likeness (QED) is 0.649. The average Bonchev–Trinajstić information content (AvgIpc) is 3.12. The Hall–Kier alpha value is -2.81. The van der Waals surface area contributed by atoms with Crippen molar-refractivity contribution in [3.63, 3.8) is 0 Å². The van der Waals surface area contributed by atoms with Crippen LogP contribution in [0.4, 0.5) is 4.39 Å². The van der Waals surface area contributed by atoms with Crippen molar-refractivity contribution >= 4 is 22.5 Å².